The van der Waals surface area contributed by atoms with Crippen LogP contribution in [0.15, 0.2) is 24.4 Å². The van der Waals surface area contributed by atoms with Gasteiger partial charge in [0.1, 0.15) is 0 Å². The molecule has 2 atom stereocenters. The maximum absolute atomic E-state index is 5.91. The topological polar surface area (TPSA) is 50.9 Å². The summed E-state index contributed by atoms with van der Waals surface area (Å²) in [5.41, 5.74) is 7.01. The maximum Gasteiger partial charge on any atom is 0.0463 e. The number of nitrogens with zero attached hydrogens (tertiary/aromatic N) is 1. The summed E-state index contributed by atoms with van der Waals surface area (Å²) in [5, 5.41) is 3.26. The zero-order chi connectivity index (χ0) is 8.39. The van der Waals surface area contributed by atoms with Gasteiger partial charge in [0, 0.05) is 36.9 Å². The highest BCUT2D eigenvalue weighted by Gasteiger charge is 2.25. The van der Waals surface area contributed by atoms with Crippen molar-refractivity contribution in [2.75, 3.05) is 13.1 Å². The van der Waals surface area contributed by atoms with Crippen LogP contribution in [0.25, 0.3) is 0 Å². The fourth-order valence-electron chi connectivity index (χ4n) is 1.62. The molecule has 1 aliphatic heterocycles. The molecule has 0 unspecified atom stereocenters. The van der Waals surface area contributed by atoms with E-state index in [0.29, 0.717) is 5.92 Å². The summed E-state index contributed by atoms with van der Waals surface area (Å²) in [7, 11) is 0. The van der Waals surface area contributed by atoms with Gasteiger partial charge < -0.3 is 11.1 Å². The van der Waals surface area contributed by atoms with Gasteiger partial charge in [0.15, 0.2) is 0 Å². The Morgan fingerprint density at radius 1 is 1.42 bits per heavy atom. The number of pyridine rings is 1. The summed E-state index contributed by atoms with van der Waals surface area (Å²) < 4.78 is 0. The van der Waals surface area contributed by atoms with Crippen LogP contribution in [-0.4, -0.2) is 24.1 Å². The number of nitrogens with two attached hydrogens (primary N) is 1. The minimum Gasteiger partial charge on any atom is -0.326 e. The van der Waals surface area contributed by atoms with Crippen molar-refractivity contribution < 1.29 is 0 Å². The van der Waals surface area contributed by atoms with E-state index in [-0.39, 0.29) is 6.04 Å². The molecule has 0 aliphatic carbocycles. The summed E-state index contributed by atoms with van der Waals surface area (Å²) in [4.78, 5) is 4.29. The van der Waals surface area contributed by atoms with E-state index in [2.05, 4.69) is 10.3 Å². The van der Waals surface area contributed by atoms with Crippen LogP contribution in [0.2, 0.25) is 0 Å². The van der Waals surface area contributed by atoms with Gasteiger partial charge >= 0.3 is 0 Å². The number of hydrogen-bond donors (Lipinski definition) is 2. The van der Waals surface area contributed by atoms with E-state index in [1.54, 1.807) is 0 Å². The van der Waals surface area contributed by atoms with Gasteiger partial charge in [-0.05, 0) is 12.1 Å². The van der Waals surface area contributed by atoms with Crippen LogP contribution in [0.4, 0.5) is 0 Å². The van der Waals surface area contributed by atoms with E-state index < -0.39 is 0 Å². The lowest BCUT2D eigenvalue weighted by molar-refractivity contribution is 0.637. The van der Waals surface area contributed by atoms with Gasteiger partial charge in [0.2, 0.25) is 0 Å². The second-order valence-corrected chi connectivity index (χ2v) is 3.18. The van der Waals surface area contributed by atoms with E-state index in [9.17, 15) is 0 Å². The minimum absolute atomic E-state index is 0.222. The lowest BCUT2D eigenvalue weighted by atomic mass is 10.0. The normalized spacial score (nSPS) is 29.1. The first kappa shape index (κ1) is 7.71. The van der Waals surface area contributed by atoms with Crippen LogP contribution >= 0.6 is 0 Å². The molecule has 2 rings (SSSR count). The molecule has 12 heavy (non-hydrogen) atoms. The lowest BCUT2D eigenvalue weighted by Gasteiger charge is -2.12. The van der Waals surface area contributed by atoms with Crippen LogP contribution in [0.5, 0.6) is 0 Å². The summed E-state index contributed by atoms with van der Waals surface area (Å²) in [6, 6.07) is 6.20. The van der Waals surface area contributed by atoms with Crippen LogP contribution in [0.3, 0.4) is 0 Å². The van der Waals surface area contributed by atoms with E-state index in [1.165, 1.54) is 0 Å². The molecular formula is C9H13N3. The summed E-state index contributed by atoms with van der Waals surface area (Å²) in [5.74, 6) is 0.395. The van der Waals surface area contributed by atoms with Gasteiger partial charge in [-0.25, -0.2) is 0 Å². The molecule has 1 saturated heterocycles. The molecule has 0 saturated carbocycles. The standard InChI is InChI=1S/C9H13N3/c10-8-6-11-5-7(8)9-3-1-2-4-12-9/h1-4,7-8,11H,5-6,10H2/t7-,8-/m0/s1. The van der Waals surface area contributed by atoms with E-state index in [4.69, 9.17) is 5.73 Å². The van der Waals surface area contributed by atoms with Crippen molar-refractivity contribution in [3.63, 3.8) is 0 Å². The van der Waals surface area contributed by atoms with Crippen molar-refractivity contribution in [1.29, 1.82) is 0 Å². The Kier molecular flexibility index (Phi) is 2.06. The molecular weight excluding hydrogens is 150 g/mol. The van der Waals surface area contributed by atoms with Crippen molar-refractivity contribution in [2.24, 2.45) is 5.73 Å². The Morgan fingerprint density at radius 3 is 2.92 bits per heavy atom. The quantitative estimate of drug-likeness (QED) is 0.617. The summed E-state index contributed by atoms with van der Waals surface area (Å²) in [6.07, 6.45) is 1.82. The largest absolute Gasteiger partial charge is 0.326 e. The smallest absolute Gasteiger partial charge is 0.0463 e. The van der Waals surface area contributed by atoms with Crippen LogP contribution in [-0.2, 0) is 0 Å². The molecule has 3 N–H and O–H groups in total. The molecule has 1 fully saturated rings. The predicted molar refractivity (Wildman–Crippen MR) is 47.8 cm³/mol. The molecule has 2 heterocycles. The van der Waals surface area contributed by atoms with E-state index >= 15 is 0 Å². The Bertz CT molecular complexity index is 247. The first-order valence-electron chi connectivity index (χ1n) is 4.25. The molecule has 3 nitrogen and oxygen atoms in total. The van der Waals surface area contributed by atoms with E-state index in [1.807, 2.05) is 24.4 Å². The zero-order valence-corrected chi connectivity index (χ0v) is 6.90. The van der Waals surface area contributed by atoms with Crippen molar-refractivity contribution >= 4 is 0 Å². The van der Waals surface area contributed by atoms with Crippen molar-refractivity contribution in [2.45, 2.75) is 12.0 Å². The fraction of sp³-hybridized carbons (Fsp3) is 0.444. The van der Waals surface area contributed by atoms with Crippen molar-refractivity contribution in [3.8, 4) is 0 Å². The Morgan fingerprint density at radius 2 is 2.33 bits per heavy atom. The zero-order valence-electron chi connectivity index (χ0n) is 6.90. The van der Waals surface area contributed by atoms with Gasteiger partial charge in [-0.2, -0.15) is 0 Å². The Labute approximate surface area is 72.0 Å². The maximum atomic E-state index is 5.91. The first-order chi connectivity index (χ1) is 5.88. The number of aromatic nitrogens is 1. The van der Waals surface area contributed by atoms with Gasteiger partial charge in [0.05, 0.1) is 0 Å². The highest BCUT2D eigenvalue weighted by molar-refractivity contribution is 5.14. The molecule has 0 amide bonds. The molecule has 64 valence electrons. The lowest BCUT2D eigenvalue weighted by Crippen LogP contribution is -2.27. The molecule has 1 aliphatic rings. The highest BCUT2D eigenvalue weighted by atomic mass is 15.0. The van der Waals surface area contributed by atoms with Gasteiger partial charge in [0.25, 0.3) is 0 Å². The van der Waals surface area contributed by atoms with Gasteiger partial charge in [-0.15, -0.1) is 0 Å². The van der Waals surface area contributed by atoms with Gasteiger partial charge in [-0.1, -0.05) is 6.07 Å². The number of rotatable bonds is 1. The first-order valence-corrected chi connectivity index (χ1v) is 4.25. The van der Waals surface area contributed by atoms with Crippen LogP contribution in [0.1, 0.15) is 11.6 Å². The third-order valence-corrected chi connectivity index (χ3v) is 2.33. The number of nitrogens with one attached hydrogen (secondary N) is 1. The summed E-state index contributed by atoms with van der Waals surface area (Å²) >= 11 is 0. The number of hydrogen-bond acceptors (Lipinski definition) is 3. The average Bonchev–Trinajstić information content (AvgIpc) is 2.53. The second kappa shape index (κ2) is 3.21. The molecule has 0 bridgehead atoms. The van der Waals surface area contributed by atoms with Crippen molar-refractivity contribution in [1.82, 2.24) is 10.3 Å². The summed E-state index contributed by atoms with van der Waals surface area (Å²) in [6.45, 7) is 1.86. The molecule has 0 aromatic carbocycles. The SMILES string of the molecule is N[C@H]1CNC[C@@H]1c1ccccn1. The molecule has 1 aromatic heterocycles. The Balaban J connectivity index is 2.19. The predicted octanol–water partition coefficient (Wildman–Crippen LogP) is 0.0957. The van der Waals surface area contributed by atoms with E-state index in [0.717, 1.165) is 18.8 Å². The molecule has 3 heteroatoms. The molecule has 1 aromatic rings. The second-order valence-electron chi connectivity index (χ2n) is 3.18. The van der Waals surface area contributed by atoms with Gasteiger partial charge in [-0.3, -0.25) is 4.98 Å². The molecule has 0 spiro atoms. The van der Waals surface area contributed by atoms with Crippen LogP contribution < -0.4 is 11.1 Å². The van der Waals surface area contributed by atoms with Crippen LogP contribution in [0, 0.1) is 0 Å². The minimum atomic E-state index is 0.222. The van der Waals surface area contributed by atoms with Crippen molar-refractivity contribution in [3.05, 3.63) is 30.1 Å². The average molecular weight is 163 g/mol. The third kappa shape index (κ3) is 1.33. The Hall–Kier alpha value is -0.930. The fourth-order valence-corrected chi connectivity index (χ4v) is 1.62. The monoisotopic (exact) mass is 163 g/mol. The molecule has 0 radical (unpaired) electrons. The highest BCUT2D eigenvalue weighted by Crippen LogP contribution is 2.18. The third-order valence-electron chi connectivity index (χ3n) is 2.33.